The second-order valence-electron chi connectivity index (χ2n) is 12.4. The van der Waals surface area contributed by atoms with Gasteiger partial charge in [-0.3, -0.25) is 19.2 Å². The maximum Gasteiger partial charge on any atom is 0.265 e. The summed E-state index contributed by atoms with van der Waals surface area (Å²) >= 11 is 0. The molecule has 0 radical (unpaired) electrons. The van der Waals surface area contributed by atoms with Gasteiger partial charge in [0.15, 0.2) is 0 Å². The maximum absolute atomic E-state index is 11.9. The third-order valence-corrected chi connectivity index (χ3v) is 11.2. The van der Waals surface area contributed by atoms with Crippen LogP contribution in [0.3, 0.4) is 0 Å². The van der Waals surface area contributed by atoms with Crippen molar-refractivity contribution >= 4 is 26.8 Å². The quantitative estimate of drug-likeness (QED) is 0.396. The molecule has 2 N–H and O–H groups in total. The highest BCUT2D eigenvalue weighted by molar-refractivity contribution is 7.85. The number of ether oxygens (including phenoxy) is 1. The zero-order valence-corrected chi connectivity index (χ0v) is 23.9. The molecule has 2 saturated carbocycles. The Hall–Kier alpha value is -2.33. The molecule has 2 aromatic rings. The number of Topliss-reactive ketones (excluding diaryl/α,β-unsaturated/α-hetero) is 1. The normalized spacial score (nSPS) is 33.5. The maximum atomic E-state index is 11.9. The summed E-state index contributed by atoms with van der Waals surface area (Å²) in [5, 5.41) is 12.1. The first-order valence-electron chi connectivity index (χ1n) is 13.9. The van der Waals surface area contributed by atoms with Crippen molar-refractivity contribution in [1.82, 2.24) is 9.88 Å². The van der Waals surface area contributed by atoms with Crippen molar-refractivity contribution in [3.63, 3.8) is 0 Å². The SMILES string of the molecule is C=C[C@H]1CN2CC[C@H]1C[C@@H]2[C@@H](O)c1ccnc2ccc(OC)cc12.CC1(C)C2CCC1(CS(=O)(=O)O)C(=O)C2. The fraction of sp³-hybridized carbons (Fsp3) is 0.600. The third-order valence-electron chi connectivity index (χ3n) is 10.4. The van der Waals surface area contributed by atoms with Crippen molar-refractivity contribution in [2.45, 2.75) is 58.1 Å². The second kappa shape index (κ2) is 10.3. The van der Waals surface area contributed by atoms with Crippen LogP contribution in [0.5, 0.6) is 5.75 Å². The van der Waals surface area contributed by atoms with Gasteiger partial charge in [0.1, 0.15) is 11.5 Å². The van der Waals surface area contributed by atoms with Crippen LogP contribution >= 0.6 is 0 Å². The smallest absolute Gasteiger partial charge is 0.265 e. The van der Waals surface area contributed by atoms with Gasteiger partial charge in [-0.15, -0.1) is 6.58 Å². The molecule has 7 rings (SSSR count). The Morgan fingerprint density at radius 1 is 1.28 bits per heavy atom. The molecule has 0 amide bonds. The van der Waals surface area contributed by atoms with Gasteiger partial charge in [-0.05, 0) is 85.2 Å². The number of hydrogen-bond donors (Lipinski definition) is 2. The van der Waals surface area contributed by atoms with Gasteiger partial charge in [-0.2, -0.15) is 8.42 Å². The van der Waals surface area contributed by atoms with Crippen molar-refractivity contribution in [3.05, 3.63) is 48.7 Å². The molecule has 1 aromatic heterocycles. The van der Waals surface area contributed by atoms with Crippen molar-refractivity contribution in [2.75, 3.05) is 26.0 Å². The van der Waals surface area contributed by atoms with Gasteiger partial charge in [-0.25, -0.2) is 0 Å². The van der Waals surface area contributed by atoms with Gasteiger partial charge in [-0.1, -0.05) is 19.9 Å². The second-order valence-corrected chi connectivity index (χ2v) is 13.8. The van der Waals surface area contributed by atoms with Gasteiger partial charge in [0.2, 0.25) is 0 Å². The third kappa shape index (κ3) is 4.92. The van der Waals surface area contributed by atoms with E-state index in [9.17, 15) is 18.3 Å². The monoisotopic (exact) mass is 556 g/mol. The van der Waals surface area contributed by atoms with Gasteiger partial charge < -0.3 is 9.84 Å². The van der Waals surface area contributed by atoms with Crippen molar-refractivity contribution in [3.8, 4) is 5.75 Å². The highest BCUT2D eigenvalue weighted by Gasteiger charge is 2.65. The van der Waals surface area contributed by atoms with Crippen molar-refractivity contribution in [2.24, 2.45) is 28.6 Å². The Balaban J connectivity index is 0.000000177. The Bertz CT molecular complexity index is 1370. The number of piperidine rings is 3. The molecule has 4 bridgehead atoms. The fourth-order valence-electron chi connectivity index (χ4n) is 7.86. The van der Waals surface area contributed by atoms with Crippen LogP contribution in [0.2, 0.25) is 0 Å². The first kappa shape index (κ1) is 28.2. The van der Waals surface area contributed by atoms with Gasteiger partial charge in [0.25, 0.3) is 10.1 Å². The predicted molar refractivity (Wildman–Crippen MR) is 150 cm³/mol. The van der Waals surface area contributed by atoms with Crippen LogP contribution in [-0.4, -0.2) is 65.7 Å². The number of benzene rings is 1. The highest BCUT2D eigenvalue weighted by Crippen LogP contribution is 2.64. The highest BCUT2D eigenvalue weighted by atomic mass is 32.2. The van der Waals surface area contributed by atoms with E-state index in [0.29, 0.717) is 24.7 Å². The summed E-state index contributed by atoms with van der Waals surface area (Å²) in [6.07, 6.45) is 7.59. The molecule has 3 aliphatic heterocycles. The number of aliphatic hydroxyl groups excluding tert-OH is 1. The summed E-state index contributed by atoms with van der Waals surface area (Å²) in [5.74, 6) is 1.91. The van der Waals surface area contributed by atoms with Crippen molar-refractivity contribution < 1.29 is 27.6 Å². The zero-order chi connectivity index (χ0) is 28.2. The number of aliphatic hydroxyl groups is 1. The molecule has 39 heavy (non-hydrogen) atoms. The Kier molecular flexibility index (Phi) is 7.41. The number of aromatic nitrogens is 1. The molecule has 5 fully saturated rings. The molecule has 2 aliphatic carbocycles. The minimum absolute atomic E-state index is 0.0152. The molecule has 0 spiro atoms. The lowest BCUT2D eigenvalue weighted by Crippen LogP contribution is -2.54. The largest absolute Gasteiger partial charge is 0.497 e. The molecule has 7 atom stereocenters. The minimum atomic E-state index is -4.08. The van der Waals surface area contributed by atoms with Gasteiger partial charge >= 0.3 is 0 Å². The van der Waals surface area contributed by atoms with Gasteiger partial charge in [0, 0.05) is 30.6 Å². The summed E-state index contributed by atoms with van der Waals surface area (Å²) in [6, 6.07) is 7.96. The van der Waals surface area contributed by atoms with E-state index in [2.05, 4.69) is 22.5 Å². The molecular weight excluding hydrogens is 516 g/mol. The summed E-state index contributed by atoms with van der Waals surface area (Å²) in [4.78, 5) is 18.7. The van der Waals surface area contributed by atoms with Crippen LogP contribution in [0.15, 0.2) is 43.1 Å². The van der Waals surface area contributed by atoms with E-state index in [1.165, 1.54) is 6.42 Å². The van der Waals surface area contributed by atoms with Crippen molar-refractivity contribution in [1.29, 1.82) is 0 Å². The zero-order valence-electron chi connectivity index (χ0n) is 23.0. The predicted octanol–water partition coefficient (Wildman–Crippen LogP) is 4.44. The van der Waals surface area contributed by atoms with E-state index in [1.807, 2.05) is 38.1 Å². The number of rotatable bonds is 6. The van der Waals surface area contributed by atoms with Crippen LogP contribution < -0.4 is 4.74 Å². The first-order chi connectivity index (χ1) is 18.4. The number of hydrogen-bond acceptors (Lipinski definition) is 7. The van der Waals surface area contributed by atoms with E-state index in [-0.39, 0.29) is 23.2 Å². The number of pyridine rings is 1. The van der Waals surface area contributed by atoms with Crippen LogP contribution in [0.1, 0.15) is 57.6 Å². The molecule has 1 aromatic carbocycles. The Morgan fingerprint density at radius 3 is 2.62 bits per heavy atom. The van der Waals surface area contributed by atoms with E-state index in [4.69, 9.17) is 9.29 Å². The van der Waals surface area contributed by atoms with E-state index >= 15 is 0 Å². The summed E-state index contributed by atoms with van der Waals surface area (Å²) in [7, 11) is -2.41. The summed E-state index contributed by atoms with van der Waals surface area (Å²) < 4.78 is 36.3. The lowest BCUT2D eigenvalue weighted by Gasteiger charge is -2.50. The number of methoxy groups -OCH3 is 1. The van der Waals surface area contributed by atoms with Crippen LogP contribution in [-0.2, 0) is 14.9 Å². The van der Waals surface area contributed by atoms with E-state index in [1.54, 1.807) is 13.3 Å². The summed E-state index contributed by atoms with van der Waals surface area (Å²) in [5.41, 5.74) is 0.726. The number of carbonyl (C=O) groups excluding carboxylic acids is 1. The van der Waals surface area contributed by atoms with Crippen LogP contribution in [0.25, 0.3) is 10.9 Å². The number of nitrogens with zero attached hydrogens (tertiary/aromatic N) is 2. The molecule has 212 valence electrons. The van der Waals surface area contributed by atoms with Crippen LogP contribution in [0, 0.1) is 28.6 Å². The molecule has 9 heteroatoms. The Labute approximate surface area is 231 Å². The fourth-order valence-corrected chi connectivity index (χ4v) is 9.16. The molecule has 8 nitrogen and oxygen atoms in total. The summed E-state index contributed by atoms with van der Waals surface area (Å²) in [6.45, 7) is 9.96. The molecule has 3 saturated heterocycles. The number of ketones is 1. The number of fused-ring (bicyclic) bond motifs is 6. The standard InChI is InChI=1S/C20H24N2O2.C10H16O4S/c1-3-13-12-22-9-7-14(13)10-19(22)20(23)16-6-8-21-18-5-4-15(24-2)11-17(16)18;1-9(2)7-3-4-10(9,8(11)5-7)6-15(12,13)14/h3-6,8,11,13-14,19-20,23H,1,7,9-10,12H2,2H3;7H,3-6H2,1-2H3,(H,12,13,14)/t13-,14-,19+,20-;/m0./s1. The topological polar surface area (TPSA) is 117 Å². The molecular formula is C30H40N2O6S. The average molecular weight is 557 g/mol. The average Bonchev–Trinajstić information content (AvgIpc) is 3.26. The molecule has 3 unspecified atom stereocenters. The number of carbonyl (C=O) groups is 1. The van der Waals surface area contributed by atoms with Gasteiger partial charge in [0.05, 0.1) is 29.9 Å². The lowest BCUT2D eigenvalue weighted by molar-refractivity contribution is -0.128. The molecule has 4 heterocycles. The lowest BCUT2D eigenvalue weighted by atomic mass is 9.70. The first-order valence-corrected chi connectivity index (χ1v) is 15.5. The van der Waals surface area contributed by atoms with E-state index in [0.717, 1.165) is 48.1 Å². The minimum Gasteiger partial charge on any atom is -0.497 e. The van der Waals surface area contributed by atoms with E-state index < -0.39 is 27.4 Å². The van der Waals surface area contributed by atoms with Crippen LogP contribution in [0.4, 0.5) is 0 Å². The molecule has 5 aliphatic rings. The Morgan fingerprint density at radius 2 is 2.05 bits per heavy atom.